The number of methoxy groups -OCH3 is 1. The van der Waals surface area contributed by atoms with Crippen molar-refractivity contribution in [2.45, 2.75) is 33.2 Å². The Hall–Kier alpha value is -3.38. The van der Waals surface area contributed by atoms with E-state index in [9.17, 15) is 4.79 Å². The molecule has 2 aromatic heterocycles. The molecule has 5 nitrogen and oxygen atoms in total. The van der Waals surface area contributed by atoms with Gasteiger partial charge in [0.2, 0.25) is 0 Å². The van der Waals surface area contributed by atoms with Crippen molar-refractivity contribution >= 4 is 17.2 Å². The number of amides is 1. The van der Waals surface area contributed by atoms with Crippen molar-refractivity contribution in [1.29, 1.82) is 0 Å². The Kier molecular flexibility index (Phi) is 7.25. The molecule has 0 unspecified atom stereocenters. The Morgan fingerprint density at radius 3 is 2.58 bits per heavy atom. The van der Waals surface area contributed by atoms with Gasteiger partial charge in [0.1, 0.15) is 10.8 Å². The highest BCUT2D eigenvalue weighted by atomic mass is 32.1. The number of hydrogen-bond acceptors (Lipinski definition) is 4. The fourth-order valence-corrected chi connectivity index (χ4v) is 4.60. The number of carbonyl (C=O) groups excluding carboxylic acids is 1. The van der Waals surface area contributed by atoms with E-state index < -0.39 is 0 Å². The minimum atomic E-state index is -0.0332. The summed E-state index contributed by atoms with van der Waals surface area (Å²) in [5.41, 5.74) is 5.68. The van der Waals surface area contributed by atoms with Crippen molar-refractivity contribution in [3.05, 3.63) is 82.9 Å². The molecule has 0 saturated carbocycles. The number of hydrogen-bond donors (Lipinski definition) is 1. The summed E-state index contributed by atoms with van der Waals surface area (Å²) in [5.74, 6) is 0.792. The molecule has 0 atom stereocenters. The van der Waals surface area contributed by atoms with Crippen LogP contribution in [0, 0.1) is 6.92 Å². The zero-order chi connectivity index (χ0) is 23.2. The number of rotatable bonds is 9. The normalized spacial score (nSPS) is 10.9. The summed E-state index contributed by atoms with van der Waals surface area (Å²) in [7, 11) is 1.67. The van der Waals surface area contributed by atoms with Gasteiger partial charge in [0.05, 0.1) is 24.1 Å². The molecule has 0 bridgehead atoms. The van der Waals surface area contributed by atoms with Gasteiger partial charge in [-0.15, -0.1) is 11.3 Å². The minimum Gasteiger partial charge on any atom is -0.497 e. The first kappa shape index (κ1) is 22.8. The molecule has 4 rings (SSSR count). The molecule has 2 aromatic carbocycles. The molecule has 2 heterocycles. The molecule has 1 amide bonds. The second-order valence-corrected chi connectivity index (χ2v) is 8.83. The quantitative estimate of drug-likeness (QED) is 0.304. The van der Waals surface area contributed by atoms with Gasteiger partial charge >= 0.3 is 0 Å². The van der Waals surface area contributed by atoms with Crippen molar-refractivity contribution in [2.24, 2.45) is 0 Å². The van der Waals surface area contributed by atoms with Gasteiger partial charge in [0.15, 0.2) is 0 Å². The van der Waals surface area contributed by atoms with Gasteiger partial charge in [-0.3, -0.25) is 4.79 Å². The molecule has 0 spiro atoms. The van der Waals surface area contributed by atoms with Gasteiger partial charge in [-0.1, -0.05) is 55.8 Å². The average molecular weight is 460 g/mol. The maximum absolute atomic E-state index is 12.9. The van der Waals surface area contributed by atoms with E-state index in [2.05, 4.69) is 46.5 Å². The molecule has 0 saturated heterocycles. The maximum Gasteiger partial charge on any atom is 0.253 e. The number of nitrogens with zero attached hydrogens (tertiary/aromatic N) is 2. The zero-order valence-corrected chi connectivity index (χ0v) is 20.1. The third-order valence-electron chi connectivity index (χ3n) is 5.71. The molecule has 1 N–H and O–H groups in total. The van der Waals surface area contributed by atoms with E-state index in [1.165, 1.54) is 0 Å². The monoisotopic (exact) mass is 459 g/mol. The molecule has 33 heavy (non-hydrogen) atoms. The number of unbranched alkanes of at least 4 members (excludes halogenated alkanes) is 1. The Bertz CT molecular complexity index is 1210. The van der Waals surface area contributed by atoms with Crippen molar-refractivity contribution in [3.8, 4) is 27.7 Å². The van der Waals surface area contributed by atoms with Crippen LogP contribution in [0.5, 0.6) is 5.75 Å². The fraction of sp³-hybridized carbons (Fsp3) is 0.259. The van der Waals surface area contributed by atoms with Gasteiger partial charge in [0, 0.05) is 29.7 Å². The predicted octanol–water partition coefficient (Wildman–Crippen LogP) is 6.17. The van der Waals surface area contributed by atoms with Crippen LogP contribution in [-0.2, 0) is 6.54 Å². The first-order valence-electron chi connectivity index (χ1n) is 11.2. The van der Waals surface area contributed by atoms with E-state index in [0.717, 1.165) is 51.8 Å². The molecule has 4 aromatic rings. The minimum absolute atomic E-state index is 0.0332. The predicted molar refractivity (Wildman–Crippen MR) is 135 cm³/mol. The summed E-state index contributed by atoms with van der Waals surface area (Å²) in [6.45, 7) is 5.45. The Morgan fingerprint density at radius 1 is 1.12 bits per heavy atom. The summed E-state index contributed by atoms with van der Waals surface area (Å²) >= 11 is 1.62. The fourth-order valence-electron chi connectivity index (χ4n) is 3.78. The molecule has 0 fully saturated rings. The standard InChI is InChI=1S/C27H29N3O2S/c1-4-5-15-28-26(31)23-16-25(24-18-33-27(29-24)21-9-7-6-8-10-21)30(19(23)2)17-20-11-13-22(32-3)14-12-20/h6-14,16,18H,4-5,15,17H2,1-3H3,(H,28,31). The van der Waals surface area contributed by atoms with Crippen LogP contribution in [0.3, 0.4) is 0 Å². The second kappa shape index (κ2) is 10.5. The largest absolute Gasteiger partial charge is 0.497 e. The summed E-state index contributed by atoms with van der Waals surface area (Å²) in [6.07, 6.45) is 2.01. The van der Waals surface area contributed by atoms with Crippen LogP contribution in [-0.4, -0.2) is 29.1 Å². The summed E-state index contributed by atoms with van der Waals surface area (Å²) in [4.78, 5) is 17.9. The summed E-state index contributed by atoms with van der Waals surface area (Å²) in [5, 5.41) is 6.09. The topological polar surface area (TPSA) is 56.2 Å². The van der Waals surface area contributed by atoms with Crippen molar-refractivity contribution in [1.82, 2.24) is 14.9 Å². The number of nitrogens with one attached hydrogen (secondary N) is 1. The van der Waals surface area contributed by atoms with Gasteiger partial charge < -0.3 is 14.6 Å². The molecular weight excluding hydrogens is 430 g/mol. The molecule has 0 aliphatic carbocycles. The first-order valence-corrected chi connectivity index (χ1v) is 12.1. The molecular formula is C27H29N3O2S. The van der Waals surface area contributed by atoms with E-state index >= 15 is 0 Å². The lowest BCUT2D eigenvalue weighted by molar-refractivity contribution is 0.0952. The van der Waals surface area contributed by atoms with Crippen LogP contribution < -0.4 is 10.1 Å². The van der Waals surface area contributed by atoms with Crippen molar-refractivity contribution in [2.75, 3.05) is 13.7 Å². The summed E-state index contributed by atoms with van der Waals surface area (Å²) in [6, 6.07) is 20.2. The Labute approximate surface area is 199 Å². The second-order valence-electron chi connectivity index (χ2n) is 7.98. The number of aromatic nitrogens is 2. The van der Waals surface area contributed by atoms with Gasteiger partial charge in [-0.2, -0.15) is 0 Å². The molecule has 0 radical (unpaired) electrons. The Balaban J connectivity index is 1.71. The number of benzene rings is 2. The van der Waals surface area contributed by atoms with Crippen LogP contribution in [0.4, 0.5) is 0 Å². The van der Waals surface area contributed by atoms with E-state index in [1.807, 2.05) is 43.3 Å². The van der Waals surface area contributed by atoms with E-state index in [0.29, 0.717) is 18.7 Å². The SMILES string of the molecule is CCCCNC(=O)c1cc(-c2csc(-c3ccccc3)n2)n(Cc2ccc(OC)cc2)c1C. The molecule has 6 heteroatoms. The van der Waals surface area contributed by atoms with Crippen molar-refractivity contribution in [3.63, 3.8) is 0 Å². The van der Waals surface area contributed by atoms with E-state index in [-0.39, 0.29) is 5.91 Å². The maximum atomic E-state index is 12.9. The van der Waals surface area contributed by atoms with Gasteiger partial charge in [-0.05, 0) is 37.1 Å². The zero-order valence-electron chi connectivity index (χ0n) is 19.3. The van der Waals surface area contributed by atoms with E-state index in [4.69, 9.17) is 9.72 Å². The third-order valence-corrected chi connectivity index (χ3v) is 6.61. The molecule has 0 aliphatic rings. The van der Waals surface area contributed by atoms with Crippen molar-refractivity contribution < 1.29 is 9.53 Å². The van der Waals surface area contributed by atoms with Crippen LogP contribution in [0.2, 0.25) is 0 Å². The highest BCUT2D eigenvalue weighted by molar-refractivity contribution is 7.13. The molecule has 170 valence electrons. The lowest BCUT2D eigenvalue weighted by Crippen LogP contribution is -2.24. The van der Waals surface area contributed by atoms with E-state index in [1.54, 1.807) is 18.4 Å². The highest BCUT2D eigenvalue weighted by Crippen LogP contribution is 2.32. The van der Waals surface area contributed by atoms with Crippen LogP contribution in [0.15, 0.2) is 66.0 Å². The molecule has 0 aliphatic heterocycles. The van der Waals surface area contributed by atoms with Gasteiger partial charge in [0.25, 0.3) is 5.91 Å². The first-order chi connectivity index (χ1) is 16.1. The lowest BCUT2D eigenvalue weighted by Gasteiger charge is -2.12. The van der Waals surface area contributed by atoms with Crippen LogP contribution in [0.1, 0.15) is 41.4 Å². The highest BCUT2D eigenvalue weighted by Gasteiger charge is 2.20. The van der Waals surface area contributed by atoms with Gasteiger partial charge in [-0.25, -0.2) is 4.98 Å². The smallest absolute Gasteiger partial charge is 0.253 e. The average Bonchev–Trinajstić information content (AvgIpc) is 3.46. The van der Waals surface area contributed by atoms with Crippen LogP contribution in [0.25, 0.3) is 22.0 Å². The third kappa shape index (κ3) is 5.17. The lowest BCUT2D eigenvalue weighted by atomic mass is 10.2. The number of carbonyl (C=O) groups is 1. The number of thiazole rings is 1. The van der Waals surface area contributed by atoms with Crippen LogP contribution >= 0.6 is 11.3 Å². The number of ether oxygens (including phenoxy) is 1. The Morgan fingerprint density at radius 2 is 1.88 bits per heavy atom. The summed E-state index contributed by atoms with van der Waals surface area (Å²) < 4.78 is 7.48.